The number of nitrogens with one attached hydrogen (secondary N) is 1. The Morgan fingerprint density at radius 3 is 2.44 bits per heavy atom. The summed E-state index contributed by atoms with van der Waals surface area (Å²) in [4.78, 5) is 16.6. The molecule has 1 saturated heterocycles. The van der Waals surface area contributed by atoms with Gasteiger partial charge in [-0.1, -0.05) is 6.07 Å². The fraction of sp³-hybridized carbons (Fsp3) is 0.316. The van der Waals surface area contributed by atoms with Crippen molar-refractivity contribution in [3.63, 3.8) is 0 Å². The molecule has 3 rings (SSSR count). The Balaban J connectivity index is 1.50. The topological polar surface area (TPSA) is 35.6 Å². The summed E-state index contributed by atoms with van der Waals surface area (Å²) in [5.74, 6) is -0.235. The third kappa shape index (κ3) is 4.80. The van der Waals surface area contributed by atoms with Gasteiger partial charge >= 0.3 is 0 Å². The van der Waals surface area contributed by atoms with Crippen molar-refractivity contribution in [1.82, 2.24) is 4.90 Å². The van der Waals surface area contributed by atoms with E-state index in [-0.39, 0.29) is 11.7 Å². The number of rotatable bonds is 4. The van der Waals surface area contributed by atoms with E-state index < -0.39 is 0 Å². The van der Waals surface area contributed by atoms with Crippen LogP contribution in [0.3, 0.4) is 0 Å². The van der Waals surface area contributed by atoms with Crippen LogP contribution in [0.25, 0.3) is 0 Å². The summed E-state index contributed by atoms with van der Waals surface area (Å²) in [6, 6.07) is 12.4. The van der Waals surface area contributed by atoms with E-state index >= 15 is 0 Å². The van der Waals surface area contributed by atoms with E-state index in [1.54, 1.807) is 12.1 Å². The van der Waals surface area contributed by atoms with Gasteiger partial charge in [-0.2, -0.15) is 0 Å². The van der Waals surface area contributed by atoms with Crippen LogP contribution in [0.5, 0.6) is 0 Å². The van der Waals surface area contributed by atoms with Crippen molar-refractivity contribution >= 4 is 33.2 Å². The molecule has 2 aromatic rings. The highest BCUT2D eigenvalue weighted by atomic mass is 79.9. The van der Waals surface area contributed by atoms with Crippen molar-refractivity contribution in [2.24, 2.45) is 0 Å². The lowest BCUT2D eigenvalue weighted by atomic mass is 10.2. The van der Waals surface area contributed by atoms with E-state index in [2.05, 4.69) is 31.0 Å². The maximum absolute atomic E-state index is 13.0. The van der Waals surface area contributed by atoms with Gasteiger partial charge in [-0.25, -0.2) is 4.39 Å². The van der Waals surface area contributed by atoms with Crippen LogP contribution in [-0.4, -0.2) is 43.5 Å². The van der Waals surface area contributed by atoms with Gasteiger partial charge in [-0.3, -0.25) is 9.69 Å². The van der Waals surface area contributed by atoms with Crippen LogP contribution in [0.1, 0.15) is 5.56 Å². The van der Waals surface area contributed by atoms with Gasteiger partial charge in [-0.15, -0.1) is 0 Å². The first-order chi connectivity index (χ1) is 12.0. The van der Waals surface area contributed by atoms with Crippen molar-refractivity contribution < 1.29 is 9.18 Å². The first-order valence-electron chi connectivity index (χ1n) is 8.30. The molecule has 1 amide bonds. The normalized spacial score (nSPS) is 15.2. The van der Waals surface area contributed by atoms with E-state index in [9.17, 15) is 9.18 Å². The van der Waals surface area contributed by atoms with Gasteiger partial charge in [0.05, 0.1) is 12.2 Å². The lowest BCUT2D eigenvalue weighted by Gasteiger charge is -2.35. The molecule has 2 aromatic carbocycles. The number of carbonyl (C=O) groups excluding carboxylic acids is 1. The monoisotopic (exact) mass is 405 g/mol. The first kappa shape index (κ1) is 17.9. The molecule has 0 aliphatic carbocycles. The zero-order valence-corrected chi connectivity index (χ0v) is 15.7. The number of amides is 1. The lowest BCUT2D eigenvalue weighted by Crippen LogP contribution is -2.48. The molecule has 0 bridgehead atoms. The third-order valence-electron chi connectivity index (χ3n) is 4.33. The second kappa shape index (κ2) is 7.97. The molecular formula is C19H21BrFN3O. The zero-order chi connectivity index (χ0) is 17.8. The molecule has 6 heteroatoms. The lowest BCUT2D eigenvalue weighted by molar-refractivity contribution is -0.117. The van der Waals surface area contributed by atoms with Crippen LogP contribution >= 0.6 is 15.9 Å². The first-order valence-corrected chi connectivity index (χ1v) is 9.09. The maximum atomic E-state index is 13.0. The van der Waals surface area contributed by atoms with Crippen LogP contribution in [0.15, 0.2) is 46.9 Å². The molecule has 1 fully saturated rings. The molecule has 25 heavy (non-hydrogen) atoms. The van der Waals surface area contributed by atoms with Gasteiger partial charge in [0.15, 0.2) is 0 Å². The minimum atomic E-state index is -0.221. The molecule has 1 heterocycles. The molecule has 132 valence electrons. The molecule has 4 nitrogen and oxygen atoms in total. The summed E-state index contributed by atoms with van der Waals surface area (Å²) in [6.07, 6.45) is 0. The summed E-state index contributed by atoms with van der Waals surface area (Å²) < 4.78 is 13.9. The number of piperazine rings is 1. The number of hydrogen-bond donors (Lipinski definition) is 1. The van der Waals surface area contributed by atoms with Gasteiger partial charge in [-0.05, 0) is 64.8 Å². The number of anilines is 2. The van der Waals surface area contributed by atoms with E-state index in [0.29, 0.717) is 6.54 Å². The number of aryl methyl sites for hydroxylation is 1. The van der Waals surface area contributed by atoms with Crippen LogP contribution < -0.4 is 10.2 Å². The maximum Gasteiger partial charge on any atom is 0.238 e. The number of benzene rings is 2. The predicted octanol–water partition coefficient (Wildman–Crippen LogP) is 3.66. The highest BCUT2D eigenvalue weighted by molar-refractivity contribution is 9.10. The van der Waals surface area contributed by atoms with E-state index in [1.807, 2.05) is 25.1 Å². The summed E-state index contributed by atoms with van der Waals surface area (Å²) in [5.41, 5.74) is 2.96. The van der Waals surface area contributed by atoms with Crippen LogP contribution in [0.4, 0.5) is 15.8 Å². The summed E-state index contributed by atoms with van der Waals surface area (Å²) in [5, 5.41) is 2.95. The molecule has 0 aromatic heterocycles. The van der Waals surface area contributed by atoms with Crippen molar-refractivity contribution in [2.75, 3.05) is 42.9 Å². The van der Waals surface area contributed by atoms with Gasteiger partial charge in [0.1, 0.15) is 5.82 Å². The van der Waals surface area contributed by atoms with E-state index in [1.165, 1.54) is 12.1 Å². The average Bonchev–Trinajstić information content (AvgIpc) is 2.59. The fourth-order valence-electron chi connectivity index (χ4n) is 2.93. The van der Waals surface area contributed by atoms with Gasteiger partial charge in [0, 0.05) is 36.3 Å². The number of nitrogens with zero attached hydrogens (tertiary/aromatic N) is 2. The van der Waals surface area contributed by atoms with Crippen molar-refractivity contribution in [3.8, 4) is 0 Å². The zero-order valence-electron chi connectivity index (χ0n) is 14.1. The van der Waals surface area contributed by atoms with Gasteiger partial charge in [0.25, 0.3) is 0 Å². The predicted molar refractivity (Wildman–Crippen MR) is 103 cm³/mol. The van der Waals surface area contributed by atoms with Gasteiger partial charge in [0.2, 0.25) is 5.91 Å². The Bertz CT molecular complexity index is 743. The largest absolute Gasteiger partial charge is 0.369 e. The van der Waals surface area contributed by atoms with E-state index in [4.69, 9.17) is 0 Å². The number of hydrogen-bond acceptors (Lipinski definition) is 3. The van der Waals surface area contributed by atoms with Crippen LogP contribution in [0.2, 0.25) is 0 Å². The van der Waals surface area contributed by atoms with Crippen LogP contribution in [0, 0.1) is 12.7 Å². The average molecular weight is 406 g/mol. The molecule has 0 radical (unpaired) electrons. The molecule has 0 spiro atoms. The molecule has 1 N–H and O–H groups in total. The standard InChI is InChI=1S/C19H21BrFN3O/c1-14-2-7-18(17(20)12-14)22-19(25)13-23-8-10-24(11-9-23)16-5-3-15(21)4-6-16/h2-7,12H,8-11,13H2,1H3,(H,22,25). The molecule has 0 unspecified atom stereocenters. The van der Waals surface area contributed by atoms with Crippen LogP contribution in [-0.2, 0) is 4.79 Å². The molecule has 1 aliphatic rings. The Kier molecular flexibility index (Phi) is 5.71. The SMILES string of the molecule is Cc1ccc(NC(=O)CN2CCN(c3ccc(F)cc3)CC2)c(Br)c1. The second-order valence-corrected chi connectivity index (χ2v) is 7.13. The Morgan fingerprint density at radius 2 is 1.80 bits per heavy atom. The number of carbonyl (C=O) groups is 1. The molecular weight excluding hydrogens is 385 g/mol. The van der Waals surface area contributed by atoms with Crippen molar-refractivity contribution in [1.29, 1.82) is 0 Å². The fourth-order valence-corrected chi connectivity index (χ4v) is 3.52. The molecule has 0 atom stereocenters. The molecule has 0 saturated carbocycles. The second-order valence-electron chi connectivity index (χ2n) is 6.27. The number of halogens is 2. The summed E-state index contributed by atoms with van der Waals surface area (Å²) in [7, 11) is 0. The Labute approximate surface area is 155 Å². The van der Waals surface area contributed by atoms with Crippen molar-refractivity contribution in [2.45, 2.75) is 6.92 Å². The van der Waals surface area contributed by atoms with Gasteiger partial charge < -0.3 is 10.2 Å². The summed E-state index contributed by atoms with van der Waals surface area (Å²) >= 11 is 3.48. The Hall–Kier alpha value is -1.92. The highest BCUT2D eigenvalue weighted by Crippen LogP contribution is 2.23. The van der Waals surface area contributed by atoms with Crippen molar-refractivity contribution in [3.05, 3.63) is 58.3 Å². The smallest absolute Gasteiger partial charge is 0.238 e. The highest BCUT2D eigenvalue weighted by Gasteiger charge is 2.19. The molecule has 1 aliphatic heterocycles. The Morgan fingerprint density at radius 1 is 1.12 bits per heavy atom. The third-order valence-corrected chi connectivity index (χ3v) is 4.99. The minimum Gasteiger partial charge on any atom is -0.369 e. The minimum absolute atomic E-state index is 0.0141. The van der Waals surface area contributed by atoms with E-state index in [0.717, 1.165) is 47.6 Å². The quantitative estimate of drug-likeness (QED) is 0.842. The summed E-state index contributed by atoms with van der Waals surface area (Å²) in [6.45, 7) is 5.65.